The molecule has 10 nitrogen and oxygen atoms in total. The molecule has 5 rings (SSSR count). The van der Waals surface area contributed by atoms with Crippen LogP contribution in [-0.2, 0) is 0 Å². The molecular weight excluding hydrogens is 470 g/mol. The number of aromatic amines is 1. The van der Waals surface area contributed by atoms with Crippen molar-refractivity contribution in [3.8, 4) is 40.8 Å². The molecule has 2 heterocycles. The summed E-state index contributed by atoms with van der Waals surface area (Å²) in [5.74, 6) is 1.31. The van der Waals surface area contributed by atoms with E-state index in [9.17, 15) is 4.79 Å². The number of hydrogen-bond donors (Lipinski definition) is 2. The number of carbonyl (C=O) groups excluding carboxylic acids is 1. The summed E-state index contributed by atoms with van der Waals surface area (Å²) >= 11 is 0. The summed E-state index contributed by atoms with van der Waals surface area (Å²) < 4.78 is 12.0. The minimum absolute atomic E-state index is 0.0234. The lowest BCUT2D eigenvalue weighted by atomic mass is 10.2. The molecule has 0 unspecified atom stereocenters. The number of aromatic nitrogens is 4. The number of fused-ring (bicyclic) bond motifs is 1. The second-order valence-electron chi connectivity index (χ2n) is 8.25. The summed E-state index contributed by atoms with van der Waals surface area (Å²) in [6, 6.07) is 23.0. The number of nitrogens with one attached hydrogen (secondary N) is 1. The monoisotopic (exact) mass is 491 g/mol. The molecule has 0 bridgehead atoms. The van der Waals surface area contributed by atoms with Crippen LogP contribution in [0.4, 0.5) is 5.69 Å². The van der Waals surface area contributed by atoms with Crippen LogP contribution >= 0.6 is 0 Å². The first-order valence-corrected chi connectivity index (χ1v) is 11.2. The van der Waals surface area contributed by atoms with Crippen LogP contribution in [0.1, 0.15) is 15.9 Å². The molecule has 10 heteroatoms. The van der Waals surface area contributed by atoms with Crippen molar-refractivity contribution in [2.24, 2.45) is 0 Å². The van der Waals surface area contributed by atoms with E-state index in [2.05, 4.69) is 19.9 Å². The Balaban J connectivity index is 1.57. The van der Waals surface area contributed by atoms with Crippen molar-refractivity contribution in [2.75, 3.05) is 19.8 Å². The van der Waals surface area contributed by atoms with Gasteiger partial charge in [0.15, 0.2) is 5.65 Å². The van der Waals surface area contributed by atoms with Gasteiger partial charge in [-0.05, 0) is 30.3 Å². The van der Waals surface area contributed by atoms with Gasteiger partial charge in [-0.15, -0.1) is 0 Å². The van der Waals surface area contributed by atoms with E-state index in [0.717, 1.165) is 5.56 Å². The van der Waals surface area contributed by atoms with Crippen LogP contribution in [0.15, 0.2) is 72.8 Å². The number of nitrogen functional groups attached to an aromatic ring is 1. The Kier molecular flexibility index (Phi) is 6.10. The molecule has 1 amide bonds. The van der Waals surface area contributed by atoms with E-state index in [1.807, 2.05) is 36.4 Å². The highest BCUT2D eigenvalue weighted by molar-refractivity contribution is 5.94. The second-order valence-corrected chi connectivity index (χ2v) is 8.25. The lowest BCUT2D eigenvalue weighted by Crippen LogP contribution is -2.21. The Morgan fingerprint density at radius 3 is 2.46 bits per heavy atom. The minimum Gasteiger partial charge on any atom is -0.437 e. The van der Waals surface area contributed by atoms with E-state index in [-0.39, 0.29) is 23.5 Å². The van der Waals surface area contributed by atoms with Crippen LogP contribution in [0.25, 0.3) is 22.6 Å². The molecule has 3 N–H and O–H groups in total. The molecule has 3 aromatic carbocycles. The molecule has 0 aliphatic carbocycles. The number of rotatable bonds is 6. The molecule has 182 valence electrons. The van der Waals surface area contributed by atoms with Gasteiger partial charge in [-0.2, -0.15) is 15.2 Å². The average molecular weight is 492 g/mol. The van der Waals surface area contributed by atoms with E-state index in [1.54, 1.807) is 50.5 Å². The summed E-state index contributed by atoms with van der Waals surface area (Å²) in [7, 11) is 3.35. The number of H-pyrrole nitrogens is 1. The van der Waals surface area contributed by atoms with Gasteiger partial charge >= 0.3 is 6.01 Å². The second kappa shape index (κ2) is 9.67. The molecule has 0 atom stereocenters. The highest BCUT2D eigenvalue weighted by Gasteiger charge is 2.18. The van der Waals surface area contributed by atoms with Crippen LogP contribution in [0.3, 0.4) is 0 Å². The molecular formula is C27H21N7O3. The molecule has 0 saturated carbocycles. The number of amides is 1. The fourth-order valence-electron chi connectivity index (χ4n) is 3.58. The van der Waals surface area contributed by atoms with Gasteiger partial charge in [0, 0.05) is 31.3 Å². The minimum atomic E-state index is -0.163. The molecule has 0 aliphatic heterocycles. The Morgan fingerprint density at radius 2 is 1.73 bits per heavy atom. The number of imidazole rings is 1. The smallest absolute Gasteiger partial charge is 0.327 e. The number of carbonyl (C=O) groups is 1. The number of benzene rings is 3. The zero-order valence-electron chi connectivity index (χ0n) is 20.0. The first-order chi connectivity index (χ1) is 17.9. The number of hydrogen-bond acceptors (Lipinski definition) is 8. The fourth-order valence-corrected chi connectivity index (χ4v) is 3.58. The lowest BCUT2D eigenvalue weighted by Gasteiger charge is -2.12. The van der Waals surface area contributed by atoms with Crippen molar-refractivity contribution in [2.45, 2.75) is 0 Å². The van der Waals surface area contributed by atoms with Crippen molar-refractivity contribution < 1.29 is 14.3 Å². The van der Waals surface area contributed by atoms with Gasteiger partial charge in [-0.3, -0.25) is 4.79 Å². The predicted octanol–water partition coefficient (Wildman–Crippen LogP) is 4.76. The normalized spacial score (nSPS) is 10.6. The summed E-state index contributed by atoms with van der Waals surface area (Å²) in [5, 5.41) is 9.17. The maximum absolute atomic E-state index is 12.4. The Hall–Kier alpha value is -5.43. The largest absolute Gasteiger partial charge is 0.437 e. The molecule has 5 aromatic rings. The quantitative estimate of drug-likeness (QED) is 0.324. The number of nitrogens with zero attached hydrogens (tertiary/aromatic N) is 5. The van der Waals surface area contributed by atoms with Crippen LogP contribution in [0, 0.1) is 11.3 Å². The van der Waals surface area contributed by atoms with Gasteiger partial charge in [0.25, 0.3) is 11.8 Å². The third-order valence-corrected chi connectivity index (χ3v) is 5.40. The maximum atomic E-state index is 12.4. The van der Waals surface area contributed by atoms with Crippen molar-refractivity contribution >= 4 is 22.8 Å². The van der Waals surface area contributed by atoms with Gasteiger partial charge in [-0.25, -0.2) is 4.98 Å². The van der Waals surface area contributed by atoms with E-state index in [1.165, 1.54) is 11.0 Å². The Morgan fingerprint density at radius 1 is 0.946 bits per heavy atom. The van der Waals surface area contributed by atoms with Crippen LogP contribution in [-0.4, -0.2) is 44.8 Å². The summed E-state index contributed by atoms with van der Waals surface area (Å²) in [4.78, 5) is 30.6. The number of nitrogens with two attached hydrogens (primary N) is 1. The van der Waals surface area contributed by atoms with Crippen LogP contribution in [0.5, 0.6) is 23.4 Å². The van der Waals surface area contributed by atoms with Gasteiger partial charge in [0.1, 0.15) is 28.9 Å². The molecule has 0 fully saturated rings. The number of anilines is 1. The fraction of sp³-hybridized carbons (Fsp3) is 0.0741. The molecule has 0 radical (unpaired) electrons. The zero-order valence-corrected chi connectivity index (χ0v) is 20.0. The van der Waals surface area contributed by atoms with Gasteiger partial charge in [0.2, 0.25) is 0 Å². The predicted molar refractivity (Wildman–Crippen MR) is 137 cm³/mol. The lowest BCUT2D eigenvalue weighted by molar-refractivity contribution is 0.0827. The Labute approximate surface area is 211 Å². The highest BCUT2D eigenvalue weighted by Crippen LogP contribution is 2.32. The SMILES string of the molecule is CN(C)C(=O)c1cccc(Oc2nc(Oc3ccc(C#N)c(N)c3)c3[nH]c(-c4ccccc4)nc3n2)c1. The molecule has 0 aliphatic rings. The first-order valence-electron chi connectivity index (χ1n) is 11.2. The molecule has 0 spiro atoms. The van der Waals surface area contributed by atoms with Crippen molar-refractivity contribution in [3.63, 3.8) is 0 Å². The third-order valence-electron chi connectivity index (χ3n) is 5.40. The summed E-state index contributed by atoms with van der Waals surface area (Å²) in [5.41, 5.74) is 8.65. The number of ether oxygens (including phenoxy) is 2. The molecule has 37 heavy (non-hydrogen) atoms. The van der Waals surface area contributed by atoms with Gasteiger partial charge in [0.05, 0.1) is 11.3 Å². The van der Waals surface area contributed by atoms with Crippen LogP contribution < -0.4 is 15.2 Å². The van der Waals surface area contributed by atoms with Gasteiger partial charge < -0.3 is 25.1 Å². The summed E-state index contributed by atoms with van der Waals surface area (Å²) in [6.07, 6.45) is 0. The standard InChI is InChI=1S/C27H21N7O3/c1-34(2)26(35)17-9-6-10-19(13-17)37-27-32-24-22(30-23(31-24)16-7-4-3-5-8-16)25(33-27)36-20-12-11-18(15-28)21(29)14-20/h3-14H,29H2,1-2H3,(H,30,31,32,33). The van der Waals surface area contributed by atoms with E-state index < -0.39 is 0 Å². The van der Waals surface area contributed by atoms with Gasteiger partial charge in [-0.1, -0.05) is 36.4 Å². The summed E-state index contributed by atoms with van der Waals surface area (Å²) in [6.45, 7) is 0. The zero-order chi connectivity index (χ0) is 25.9. The van der Waals surface area contributed by atoms with E-state index in [0.29, 0.717) is 39.6 Å². The highest BCUT2D eigenvalue weighted by atomic mass is 16.5. The maximum Gasteiger partial charge on any atom is 0.327 e. The third kappa shape index (κ3) is 4.87. The van der Waals surface area contributed by atoms with Crippen molar-refractivity contribution in [1.29, 1.82) is 5.26 Å². The van der Waals surface area contributed by atoms with Crippen LogP contribution in [0.2, 0.25) is 0 Å². The topological polar surface area (TPSA) is 143 Å². The first kappa shape index (κ1) is 23.3. The van der Waals surface area contributed by atoms with E-state index in [4.69, 9.17) is 20.5 Å². The average Bonchev–Trinajstić information content (AvgIpc) is 3.34. The van der Waals surface area contributed by atoms with Crippen molar-refractivity contribution in [1.82, 2.24) is 24.8 Å². The molecule has 0 saturated heterocycles. The number of nitriles is 1. The van der Waals surface area contributed by atoms with Crippen molar-refractivity contribution in [3.05, 3.63) is 83.9 Å². The Bertz CT molecular complexity index is 1660. The molecule has 2 aromatic heterocycles. The van der Waals surface area contributed by atoms with E-state index >= 15 is 0 Å².